The van der Waals surface area contributed by atoms with Crippen molar-refractivity contribution in [2.24, 2.45) is 0 Å². The van der Waals surface area contributed by atoms with Gasteiger partial charge in [0.2, 0.25) is 0 Å². The number of aliphatic hydroxyl groups excluding tert-OH is 1. The van der Waals surface area contributed by atoms with E-state index in [1.165, 1.54) is 23.1 Å². The van der Waals surface area contributed by atoms with Gasteiger partial charge in [0.1, 0.15) is 5.69 Å². The van der Waals surface area contributed by atoms with Crippen molar-refractivity contribution >= 4 is 21.6 Å². The second-order valence-corrected chi connectivity index (χ2v) is 8.51. The van der Waals surface area contributed by atoms with E-state index in [-0.39, 0.29) is 27.6 Å². The van der Waals surface area contributed by atoms with Crippen LogP contribution in [-0.4, -0.2) is 35.9 Å². The number of benzene rings is 2. The number of carbonyl (C=O) groups excluding carboxylic acids is 1. The van der Waals surface area contributed by atoms with Crippen molar-refractivity contribution in [1.29, 1.82) is 0 Å². The minimum Gasteiger partial charge on any atom is -0.369 e. The predicted octanol–water partition coefficient (Wildman–Crippen LogP) is 2.75. The second kappa shape index (κ2) is 8.22. The van der Waals surface area contributed by atoms with Gasteiger partial charge in [0.05, 0.1) is 10.6 Å². The Labute approximate surface area is 180 Å². The number of aromatic nitrogens is 1. The lowest BCUT2D eigenvalue weighted by Crippen LogP contribution is -2.27. The Bertz CT molecular complexity index is 1310. The third-order valence-corrected chi connectivity index (χ3v) is 6.24. The SMILES string of the molecule is CCN1C(=O)c2cccc(NS(=O)(=O)c3cccc(C#Cc4ccccn4)c3)c2C1O. The van der Waals surface area contributed by atoms with Gasteiger partial charge in [-0.2, -0.15) is 0 Å². The maximum absolute atomic E-state index is 13.0. The average Bonchev–Trinajstić information content (AvgIpc) is 3.03. The molecule has 156 valence electrons. The molecular formula is C23H19N3O4S. The van der Waals surface area contributed by atoms with Crippen molar-refractivity contribution in [2.75, 3.05) is 11.3 Å². The van der Waals surface area contributed by atoms with Gasteiger partial charge < -0.3 is 10.0 Å². The summed E-state index contributed by atoms with van der Waals surface area (Å²) in [5, 5.41) is 10.5. The zero-order valence-corrected chi connectivity index (χ0v) is 17.4. The van der Waals surface area contributed by atoms with Crippen LogP contribution in [0.25, 0.3) is 0 Å². The fourth-order valence-corrected chi connectivity index (χ4v) is 4.50. The zero-order valence-electron chi connectivity index (χ0n) is 16.6. The van der Waals surface area contributed by atoms with E-state index < -0.39 is 16.3 Å². The van der Waals surface area contributed by atoms with Crippen LogP contribution in [0.5, 0.6) is 0 Å². The van der Waals surface area contributed by atoms with Crippen LogP contribution in [0.15, 0.2) is 71.8 Å². The highest BCUT2D eigenvalue weighted by Gasteiger charge is 2.37. The molecule has 2 heterocycles. The van der Waals surface area contributed by atoms with Gasteiger partial charge in [-0.05, 0) is 55.3 Å². The smallest absolute Gasteiger partial charge is 0.261 e. The Hall–Kier alpha value is -3.67. The minimum atomic E-state index is -3.98. The van der Waals surface area contributed by atoms with Gasteiger partial charge >= 0.3 is 0 Å². The molecule has 2 aromatic carbocycles. The van der Waals surface area contributed by atoms with E-state index >= 15 is 0 Å². The molecule has 31 heavy (non-hydrogen) atoms. The van der Waals surface area contributed by atoms with Crippen molar-refractivity contribution in [2.45, 2.75) is 18.0 Å². The van der Waals surface area contributed by atoms with E-state index in [2.05, 4.69) is 21.5 Å². The molecule has 0 aliphatic carbocycles. The molecule has 0 fully saturated rings. The van der Waals surface area contributed by atoms with Crippen molar-refractivity contribution in [3.8, 4) is 11.8 Å². The number of amides is 1. The van der Waals surface area contributed by atoms with Gasteiger partial charge in [0.15, 0.2) is 6.23 Å². The lowest BCUT2D eigenvalue weighted by molar-refractivity contribution is 0.0206. The fraction of sp³-hybridized carbons (Fsp3) is 0.130. The summed E-state index contributed by atoms with van der Waals surface area (Å²) in [5.41, 5.74) is 1.79. The first-order valence-corrected chi connectivity index (χ1v) is 11.1. The van der Waals surface area contributed by atoms with Crippen LogP contribution in [0.4, 0.5) is 5.69 Å². The third-order valence-electron chi connectivity index (χ3n) is 4.88. The van der Waals surface area contributed by atoms with Crippen molar-refractivity contribution in [1.82, 2.24) is 9.88 Å². The number of anilines is 1. The van der Waals surface area contributed by atoms with E-state index in [9.17, 15) is 18.3 Å². The normalized spacial score (nSPS) is 15.2. The Morgan fingerprint density at radius 2 is 1.90 bits per heavy atom. The molecule has 0 bridgehead atoms. The number of rotatable bonds is 4. The van der Waals surface area contributed by atoms with Gasteiger partial charge in [-0.3, -0.25) is 9.52 Å². The van der Waals surface area contributed by atoms with Crippen LogP contribution in [0.3, 0.4) is 0 Å². The van der Waals surface area contributed by atoms with Gasteiger partial charge in [-0.15, -0.1) is 0 Å². The highest BCUT2D eigenvalue weighted by Crippen LogP contribution is 2.37. The van der Waals surface area contributed by atoms with E-state index in [4.69, 9.17) is 0 Å². The van der Waals surface area contributed by atoms with Crippen LogP contribution in [-0.2, 0) is 10.0 Å². The lowest BCUT2D eigenvalue weighted by Gasteiger charge is -2.19. The molecule has 2 N–H and O–H groups in total. The predicted molar refractivity (Wildman–Crippen MR) is 116 cm³/mol. The van der Waals surface area contributed by atoms with Crippen molar-refractivity contribution in [3.63, 3.8) is 0 Å². The maximum Gasteiger partial charge on any atom is 0.261 e. The summed E-state index contributed by atoms with van der Waals surface area (Å²) < 4.78 is 28.5. The number of aliphatic hydroxyl groups is 1. The molecule has 1 aliphatic heterocycles. The lowest BCUT2D eigenvalue weighted by atomic mass is 10.1. The summed E-state index contributed by atoms with van der Waals surface area (Å²) in [6, 6.07) is 16.3. The van der Waals surface area contributed by atoms with Crippen LogP contribution >= 0.6 is 0 Å². The molecule has 1 aromatic heterocycles. The topological polar surface area (TPSA) is 99.6 Å². The Balaban J connectivity index is 1.65. The largest absolute Gasteiger partial charge is 0.369 e. The third kappa shape index (κ3) is 4.01. The summed E-state index contributed by atoms with van der Waals surface area (Å²) in [7, 11) is -3.98. The fourth-order valence-electron chi connectivity index (χ4n) is 3.37. The molecule has 3 aromatic rings. The molecule has 0 radical (unpaired) electrons. The Morgan fingerprint density at radius 1 is 1.10 bits per heavy atom. The zero-order chi connectivity index (χ0) is 22.0. The molecule has 0 saturated carbocycles. The monoisotopic (exact) mass is 433 g/mol. The summed E-state index contributed by atoms with van der Waals surface area (Å²) in [5.74, 6) is 5.47. The quantitative estimate of drug-likeness (QED) is 0.617. The first kappa shape index (κ1) is 20.6. The van der Waals surface area contributed by atoms with Crippen LogP contribution in [0.2, 0.25) is 0 Å². The molecule has 1 amide bonds. The number of fused-ring (bicyclic) bond motifs is 1. The van der Waals surface area contributed by atoms with Crippen LogP contribution < -0.4 is 4.72 Å². The molecule has 4 rings (SSSR count). The maximum atomic E-state index is 13.0. The molecule has 8 heteroatoms. The van der Waals surface area contributed by atoms with Crippen molar-refractivity contribution in [3.05, 3.63) is 89.2 Å². The number of hydrogen-bond acceptors (Lipinski definition) is 5. The Morgan fingerprint density at radius 3 is 2.65 bits per heavy atom. The second-order valence-electron chi connectivity index (χ2n) is 6.83. The summed E-state index contributed by atoms with van der Waals surface area (Å²) in [6.45, 7) is 2.05. The number of nitrogens with zero attached hydrogens (tertiary/aromatic N) is 2. The number of pyridine rings is 1. The molecule has 1 atom stereocenters. The first-order valence-electron chi connectivity index (χ1n) is 9.58. The number of nitrogens with one attached hydrogen (secondary N) is 1. The van der Waals surface area contributed by atoms with E-state index in [1.807, 2.05) is 6.07 Å². The number of carbonyl (C=O) groups is 1. The molecule has 0 spiro atoms. The highest BCUT2D eigenvalue weighted by atomic mass is 32.2. The molecule has 0 saturated heterocycles. The standard InChI is InChI=1S/C23H19N3O4S/c1-2-26-22(27)19-10-6-11-20(21(19)23(26)28)25-31(29,30)18-9-5-7-16(15-18)12-13-17-8-3-4-14-24-17/h3-11,14-15,23,25,28H,2H2,1H3. The van der Waals surface area contributed by atoms with Gasteiger partial charge in [0, 0.05) is 29.4 Å². The number of hydrogen-bond donors (Lipinski definition) is 2. The minimum absolute atomic E-state index is 0.0177. The Kier molecular flexibility index (Phi) is 5.46. The van der Waals surface area contributed by atoms with Gasteiger partial charge in [-0.25, -0.2) is 13.4 Å². The molecular weight excluding hydrogens is 414 g/mol. The van der Waals surface area contributed by atoms with Gasteiger partial charge in [0.25, 0.3) is 15.9 Å². The van der Waals surface area contributed by atoms with Crippen molar-refractivity contribution < 1.29 is 18.3 Å². The van der Waals surface area contributed by atoms with E-state index in [0.29, 0.717) is 17.8 Å². The van der Waals surface area contributed by atoms with Gasteiger partial charge in [-0.1, -0.05) is 24.1 Å². The number of sulfonamides is 1. The van der Waals surface area contributed by atoms with Crippen LogP contribution in [0.1, 0.15) is 40.3 Å². The van der Waals surface area contributed by atoms with E-state index in [1.54, 1.807) is 49.5 Å². The highest BCUT2D eigenvalue weighted by molar-refractivity contribution is 7.92. The summed E-state index contributed by atoms with van der Waals surface area (Å²) >= 11 is 0. The van der Waals surface area contributed by atoms with Crippen LogP contribution in [0, 0.1) is 11.8 Å². The molecule has 1 aliphatic rings. The average molecular weight is 433 g/mol. The molecule has 7 nitrogen and oxygen atoms in total. The first-order chi connectivity index (χ1) is 14.9. The molecule has 1 unspecified atom stereocenters. The van der Waals surface area contributed by atoms with E-state index in [0.717, 1.165) is 0 Å². The summed E-state index contributed by atoms with van der Waals surface area (Å²) in [4.78, 5) is 17.8. The summed E-state index contributed by atoms with van der Waals surface area (Å²) in [6.07, 6.45) is 0.424.